The van der Waals surface area contributed by atoms with Gasteiger partial charge in [-0.15, -0.1) is 5.10 Å². The van der Waals surface area contributed by atoms with Crippen LogP contribution in [0.25, 0.3) is 11.4 Å². The number of ether oxygens (including phenoxy) is 1. The van der Waals surface area contributed by atoms with Gasteiger partial charge in [0.2, 0.25) is 5.88 Å². The first-order valence-electron chi connectivity index (χ1n) is 9.11. The monoisotopic (exact) mass is 410 g/mol. The first-order chi connectivity index (χ1) is 14.1. The molecule has 0 unspecified atom stereocenters. The zero-order valence-corrected chi connectivity index (χ0v) is 16.7. The van der Waals surface area contributed by atoms with Gasteiger partial charge < -0.3 is 4.74 Å². The van der Waals surface area contributed by atoms with Crippen molar-refractivity contribution in [2.75, 3.05) is 0 Å². The van der Waals surface area contributed by atoms with E-state index in [1.807, 2.05) is 48.7 Å². The lowest BCUT2D eigenvalue weighted by Gasteiger charge is -2.13. The van der Waals surface area contributed by atoms with Crippen molar-refractivity contribution in [2.24, 2.45) is 7.05 Å². The van der Waals surface area contributed by atoms with Crippen LogP contribution >= 0.6 is 11.6 Å². The van der Waals surface area contributed by atoms with Gasteiger partial charge in [0.15, 0.2) is 0 Å². The zero-order valence-electron chi connectivity index (χ0n) is 16.0. The molecule has 0 saturated carbocycles. The summed E-state index contributed by atoms with van der Waals surface area (Å²) in [5, 5.41) is 12.9. The average Bonchev–Trinajstić information content (AvgIpc) is 3.34. The van der Waals surface area contributed by atoms with E-state index in [-0.39, 0.29) is 12.3 Å². The highest BCUT2D eigenvalue weighted by Crippen LogP contribution is 2.21. The molecular weight excluding hydrogens is 392 g/mol. The summed E-state index contributed by atoms with van der Waals surface area (Å²) >= 11 is 5.94. The van der Waals surface area contributed by atoms with Gasteiger partial charge >= 0.3 is 5.69 Å². The average molecular weight is 411 g/mol. The molecule has 0 aliphatic rings. The van der Waals surface area contributed by atoms with E-state index in [1.165, 1.54) is 9.36 Å². The van der Waals surface area contributed by atoms with Crippen LogP contribution in [-0.4, -0.2) is 29.6 Å². The van der Waals surface area contributed by atoms with Crippen LogP contribution in [0.15, 0.2) is 59.5 Å². The fraction of sp³-hybridized carbons (Fsp3) is 0.200. The van der Waals surface area contributed by atoms with Gasteiger partial charge in [0.25, 0.3) is 0 Å². The molecule has 0 bridgehead atoms. The molecule has 0 aliphatic heterocycles. The molecule has 0 saturated heterocycles. The Bertz CT molecular complexity index is 1190. The van der Waals surface area contributed by atoms with Crippen LogP contribution in [0.4, 0.5) is 0 Å². The van der Waals surface area contributed by atoms with E-state index in [1.54, 1.807) is 17.8 Å². The number of aryl methyl sites for hydroxylation is 2. The molecule has 0 radical (unpaired) electrons. The van der Waals surface area contributed by atoms with Crippen molar-refractivity contribution in [1.29, 1.82) is 0 Å². The first kappa shape index (κ1) is 18.9. The summed E-state index contributed by atoms with van der Waals surface area (Å²) in [6.45, 7) is 2.30. The van der Waals surface area contributed by atoms with Crippen LogP contribution < -0.4 is 10.4 Å². The Hall–Kier alpha value is -3.39. The Balaban J connectivity index is 1.61. The lowest BCUT2D eigenvalue weighted by Crippen LogP contribution is -2.23. The summed E-state index contributed by atoms with van der Waals surface area (Å²) in [6.07, 6.45) is 2.61. The number of nitrogens with zero attached hydrogens (tertiary/aromatic N) is 6. The van der Waals surface area contributed by atoms with E-state index < -0.39 is 0 Å². The summed E-state index contributed by atoms with van der Waals surface area (Å²) in [5.41, 5.74) is 3.16. The van der Waals surface area contributed by atoms with Crippen molar-refractivity contribution in [1.82, 2.24) is 29.6 Å². The highest BCUT2D eigenvalue weighted by atomic mass is 35.5. The third-order valence-corrected chi connectivity index (χ3v) is 4.85. The molecule has 8 nitrogen and oxygen atoms in total. The van der Waals surface area contributed by atoms with Crippen molar-refractivity contribution < 1.29 is 4.74 Å². The molecule has 0 atom stereocenters. The zero-order chi connectivity index (χ0) is 20.4. The summed E-state index contributed by atoms with van der Waals surface area (Å²) in [5.74, 6) is 0.475. The summed E-state index contributed by atoms with van der Waals surface area (Å²) in [6, 6.07) is 14.9. The topological polar surface area (TPSA) is 79.8 Å². The number of halogens is 1. The van der Waals surface area contributed by atoms with Gasteiger partial charge in [-0.2, -0.15) is 9.36 Å². The molecule has 4 aromatic rings. The third kappa shape index (κ3) is 3.79. The van der Waals surface area contributed by atoms with Crippen molar-refractivity contribution in [2.45, 2.75) is 20.0 Å². The number of tetrazole rings is 1. The van der Waals surface area contributed by atoms with Crippen molar-refractivity contribution in [3.63, 3.8) is 0 Å². The van der Waals surface area contributed by atoms with E-state index in [2.05, 4.69) is 22.4 Å². The van der Waals surface area contributed by atoms with Gasteiger partial charge in [-0.3, -0.25) is 0 Å². The molecule has 9 heteroatoms. The third-order valence-electron chi connectivity index (χ3n) is 4.60. The van der Waals surface area contributed by atoms with Crippen molar-refractivity contribution >= 4 is 11.6 Å². The van der Waals surface area contributed by atoms with Gasteiger partial charge in [-0.25, -0.2) is 9.48 Å². The fourth-order valence-corrected chi connectivity index (χ4v) is 3.18. The van der Waals surface area contributed by atoms with Crippen LogP contribution in [0, 0.1) is 0 Å². The van der Waals surface area contributed by atoms with Gasteiger partial charge in [0.05, 0.1) is 11.4 Å². The molecular formula is C20H19ClN6O2. The minimum absolute atomic E-state index is 0.250. The van der Waals surface area contributed by atoms with E-state index in [0.29, 0.717) is 16.6 Å². The molecule has 2 aromatic carbocycles. The summed E-state index contributed by atoms with van der Waals surface area (Å²) in [4.78, 5) is 12.3. The van der Waals surface area contributed by atoms with Gasteiger partial charge in [0, 0.05) is 29.9 Å². The maximum absolute atomic E-state index is 12.3. The van der Waals surface area contributed by atoms with Gasteiger partial charge in [-0.05, 0) is 52.7 Å². The highest BCUT2D eigenvalue weighted by Gasteiger charge is 2.15. The lowest BCUT2D eigenvalue weighted by atomic mass is 10.0. The second kappa shape index (κ2) is 7.92. The largest absolute Gasteiger partial charge is 0.472 e. The number of benzene rings is 2. The Morgan fingerprint density at radius 1 is 1.07 bits per heavy atom. The SMILES string of the molecule is CCc1cccc(-n2nnn(C)c2=O)c1COc1ccn(-c2ccc(Cl)cc2)n1. The second-order valence-corrected chi connectivity index (χ2v) is 6.87. The van der Waals surface area contributed by atoms with Crippen LogP contribution in [-0.2, 0) is 20.1 Å². The fourth-order valence-electron chi connectivity index (χ4n) is 3.05. The molecule has 148 valence electrons. The molecule has 2 heterocycles. The summed E-state index contributed by atoms with van der Waals surface area (Å²) < 4.78 is 10.1. The quantitative estimate of drug-likeness (QED) is 0.488. The molecule has 4 rings (SSSR count). The predicted molar refractivity (Wildman–Crippen MR) is 109 cm³/mol. The smallest absolute Gasteiger partial charge is 0.368 e. The number of hydrogen-bond donors (Lipinski definition) is 0. The highest BCUT2D eigenvalue weighted by molar-refractivity contribution is 6.30. The van der Waals surface area contributed by atoms with E-state index in [0.717, 1.165) is 23.2 Å². The number of rotatable bonds is 6. The molecule has 0 aliphatic carbocycles. The molecule has 2 aromatic heterocycles. The molecule has 0 N–H and O–H groups in total. The van der Waals surface area contributed by atoms with Crippen LogP contribution in [0.5, 0.6) is 5.88 Å². The number of aromatic nitrogens is 6. The van der Waals surface area contributed by atoms with Gasteiger partial charge in [0.1, 0.15) is 6.61 Å². The first-order valence-corrected chi connectivity index (χ1v) is 9.49. The maximum atomic E-state index is 12.3. The van der Waals surface area contributed by atoms with E-state index >= 15 is 0 Å². The molecule has 0 spiro atoms. The Morgan fingerprint density at radius 3 is 2.55 bits per heavy atom. The van der Waals surface area contributed by atoms with Crippen LogP contribution in [0.2, 0.25) is 5.02 Å². The van der Waals surface area contributed by atoms with Crippen molar-refractivity contribution in [3.8, 4) is 17.3 Å². The maximum Gasteiger partial charge on any atom is 0.368 e. The Kier molecular flexibility index (Phi) is 5.18. The Labute approximate surface area is 171 Å². The normalized spacial score (nSPS) is 11.0. The molecule has 0 fully saturated rings. The van der Waals surface area contributed by atoms with Gasteiger partial charge in [-0.1, -0.05) is 30.7 Å². The van der Waals surface area contributed by atoms with E-state index in [4.69, 9.17) is 16.3 Å². The molecule has 0 amide bonds. The minimum Gasteiger partial charge on any atom is -0.472 e. The van der Waals surface area contributed by atoms with E-state index in [9.17, 15) is 4.79 Å². The van der Waals surface area contributed by atoms with Crippen LogP contribution in [0.3, 0.4) is 0 Å². The number of hydrogen-bond acceptors (Lipinski definition) is 5. The predicted octanol–water partition coefficient (Wildman–Crippen LogP) is 2.95. The lowest BCUT2D eigenvalue weighted by molar-refractivity contribution is 0.290. The van der Waals surface area contributed by atoms with Crippen LogP contribution in [0.1, 0.15) is 18.1 Å². The minimum atomic E-state index is -0.313. The van der Waals surface area contributed by atoms with Crippen molar-refractivity contribution in [3.05, 3.63) is 81.4 Å². The molecule has 29 heavy (non-hydrogen) atoms. The Morgan fingerprint density at radius 2 is 1.86 bits per heavy atom. The second-order valence-electron chi connectivity index (χ2n) is 6.43. The summed E-state index contributed by atoms with van der Waals surface area (Å²) in [7, 11) is 1.56. The standard InChI is InChI=1S/C20H19ClN6O2/c1-3-14-5-4-6-18(27-20(28)25(2)23-24-27)17(14)13-29-19-11-12-26(22-19)16-9-7-15(21)8-10-16/h4-12H,3,13H2,1-2H3.